The highest BCUT2D eigenvalue weighted by Crippen LogP contribution is 2.10. The Kier molecular flexibility index (Phi) is 4.60. The molecule has 0 aliphatic carbocycles. The smallest absolute Gasteiger partial charge is 0.305 e. The Hall–Kier alpha value is -1.58. The normalized spacial score (nSPS) is 9.73. The van der Waals surface area contributed by atoms with Crippen molar-refractivity contribution in [2.24, 2.45) is 0 Å². The molecule has 15 heavy (non-hydrogen) atoms. The summed E-state index contributed by atoms with van der Waals surface area (Å²) in [7, 11) is 3.40. The number of carbonyl (C=O) groups is 1. The molecular formula is C11H16N2O2. The molecular weight excluding hydrogens is 192 g/mol. The van der Waals surface area contributed by atoms with Gasteiger partial charge in [-0.15, -0.1) is 0 Å². The van der Waals surface area contributed by atoms with Gasteiger partial charge in [0.05, 0.1) is 7.11 Å². The molecule has 1 aromatic rings. The summed E-state index contributed by atoms with van der Waals surface area (Å²) in [6.07, 6.45) is 4.77. The highest BCUT2D eigenvalue weighted by Gasteiger charge is 2.03. The third-order valence-electron chi connectivity index (χ3n) is 2.21. The van der Waals surface area contributed by atoms with Crippen LogP contribution < -0.4 is 4.90 Å². The number of methoxy groups -OCH3 is 1. The number of pyridine rings is 1. The first-order valence-corrected chi connectivity index (χ1v) is 4.92. The molecule has 0 spiro atoms. The van der Waals surface area contributed by atoms with Crippen molar-refractivity contribution < 1.29 is 9.53 Å². The third kappa shape index (κ3) is 3.97. The van der Waals surface area contributed by atoms with Gasteiger partial charge in [0.15, 0.2) is 0 Å². The van der Waals surface area contributed by atoms with Crippen molar-refractivity contribution in [1.82, 2.24) is 4.98 Å². The number of anilines is 1. The van der Waals surface area contributed by atoms with Crippen LogP contribution in [0.2, 0.25) is 0 Å². The SMILES string of the molecule is COC(=O)CCCN(C)c1ccncc1. The van der Waals surface area contributed by atoms with Gasteiger partial charge in [-0.25, -0.2) is 0 Å². The Morgan fingerprint density at radius 1 is 1.47 bits per heavy atom. The van der Waals surface area contributed by atoms with Gasteiger partial charge in [0.1, 0.15) is 0 Å². The molecule has 0 unspecified atom stereocenters. The lowest BCUT2D eigenvalue weighted by Crippen LogP contribution is -2.19. The van der Waals surface area contributed by atoms with Crippen molar-refractivity contribution >= 4 is 11.7 Å². The Labute approximate surface area is 89.9 Å². The molecule has 0 aromatic carbocycles. The molecule has 0 aliphatic rings. The summed E-state index contributed by atoms with van der Waals surface area (Å²) in [6, 6.07) is 3.89. The van der Waals surface area contributed by atoms with E-state index in [9.17, 15) is 4.79 Å². The predicted molar refractivity (Wildman–Crippen MR) is 58.8 cm³/mol. The summed E-state index contributed by atoms with van der Waals surface area (Å²) in [6.45, 7) is 0.832. The maximum atomic E-state index is 10.9. The van der Waals surface area contributed by atoms with E-state index in [1.165, 1.54) is 7.11 Å². The largest absolute Gasteiger partial charge is 0.469 e. The molecule has 1 heterocycles. The molecule has 1 rings (SSSR count). The molecule has 0 atom stereocenters. The molecule has 0 saturated carbocycles. The van der Waals surface area contributed by atoms with Crippen LogP contribution in [0, 0.1) is 0 Å². The maximum Gasteiger partial charge on any atom is 0.305 e. The van der Waals surface area contributed by atoms with Gasteiger partial charge in [0.25, 0.3) is 0 Å². The fraction of sp³-hybridized carbons (Fsp3) is 0.455. The zero-order valence-corrected chi connectivity index (χ0v) is 9.14. The maximum absolute atomic E-state index is 10.9. The fourth-order valence-electron chi connectivity index (χ4n) is 1.29. The molecule has 0 aliphatic heterocycles. The summed E-state index contributed by atoms with van der Waals surface area (Å²) in [5.41, 5.74) is 1.11. The van der Waals surface area contributed by atoms with Crippen LogP contribution in [-0.4, -0.2) is 31.7 Å². The summed E-state index contributed by atoms with van der Waals surface area (Å²) in [5.74, 6) is -0.155. The standard InChI is InChI=1S/C11H16N2O2/c1-13(9-3-4-11(14)15-2)10-5-7-12-8-6-10/h5-8H,3-4,9H2,1-2H3. The Morgan fingerprint density at radius 2 is 2.13 bits per heavy atom. The fourth-order valence-corrected chi connectivity index (χ4v) is 1.29. The van der Waals surface area contributed by atoms with E-state index in [2.05, 4.69) is 14.6 Å². The van der Waals surface area contributed by atoms with Gasteiger partial charge in [-0.2, -0.15) is 0 Å². The molecule has 4 heteroatoms. The predicted octanol–water partition coefficient (Wildman–Crippen LogP) is 1.47. The lowest BCUT2D eigenvalue weighted by atomic mass is 10.3. The highest BCUT2D eigenvalue weighted by molar-refractivity contribution is 5.69. The number of hydrogen-bond acceptors (Lipinski definition) is 4. The molecule has 0 bridgehead atoms. The lowest BCUT2D eigenvalue weighted by molar-refractivity contribution is -0.140. The van der Waals surface area contributed by atoms with Crippen LogP contribution >= 0.6 is 0 Å². The van der Waals surface area contributed by atoms with E-state index in [-0.39, 0.29) is 5.97 Å². The first-order valence-electron chi connectivity index (χ1n) is 4.92. The minimum atomic E-state index is -0.155. The van der Waals surface area contributed by atoms with E-state index in [1.807, 2.05) is 19.2 Å². The lowest BCUT2D eigenvalue weighted by Gasteiger charge is -2.18. The number of ether oxygens (including phenoxy) is 1. The van der Waals surface area contributed by atoms with Crippen LogP contribution in [0.15, 0.2) is 24.5 Å². The average Bonchev–Trinajstić information content (AvgIpc) is 2.29. The number of nitrogens with zero attached hydrogens (tertiary/aromatic N) is 2. The summed E-state index contributed by atoms with van der Waals surface area (Å²) < 4.78 is 4.57. The number of carbonyl (C=O) groups excluding carboxylic acids is 1. The van der Waals surface area contributed by atoms with Gasteiger partial charge in [-0.3, -0.25) is 9.78 Å². The van der Waals surface area contributed by atoms with Gasteiger partial charge in [-0.05, 0) is 18.6 Å². The van der Waals surface area contributed by atoms with Crippen LogP contribution in [0.1, 0.15) is 12.8 Å². The van der Waals surface area contributed by atoms with Crippen molar-refractivity contribution in [2.75, 3.05) is 25.6 Å². The summed E-state index contributed by atoms with van der Waals surface area (Å²) >= 11 is 0. The van der Waals surface area contributed by atoms with E-state index in [0.29, 0.717) is 6.42 Å². The average molecular weight is 208 g/mol. The number of hydrogen-bond donors (Lipinski definition) is 0. The third-order valence-corrected chi connectivity index (χ3v) is 2.21. The highest BCUT2D eigenvalue weighted by atomic mass is 16.5. The van der Waals surface area contributed by atoms with Crippen molar-refractivity contribution in [2.45, 2.75) is 12.8 Å². The van der Waals surface area contributed by atoms with E-state index in [1.54, 1.807) is 12.4 Å². The number of esters is 1. The molecule has 0 fully saturated rings. The Morgan fingerprint density at radius 3 is 2.73 bits per heavy atom. The van der Waals surface area contributed by atoms with E-state index < -0.39 is 0 Å². The zero-order valence-electron chi connectivity index (χ0n) is 9.14. The molecule has 1 aromatic heterocycles. The molecule has 0 radical (unpaired) electrons. The zero-order chi connectivity index (χ0) is 11.1. The van der Waals surface area contributed by atoms with E-state index in [4.69, 9.17) is 0 Å². The minimum Gasteiger partial charge on any atom is -0.469 e. The molecule has 4 nitrogen and oxygen atoms in total. The summed E-state index contributed by atoms with van der Waals surface area (Å²) in [4.78, 5) is 16.9. The van der Waals surface area contributed by atoms with Crippen LogP contribution in [0.4, 0.5) is 5.69 Å². The second kappa shape index (κ2) is 6.01. The molecule has 0 N–H and O–H groups in total. The monoisotopic (exact) mass is 208 g/mol. The van der Waals surface area contributed by atoms with Gasteiger partial charge in [-0.1, -0.05) is 0 Å². The Balaban J connectivity index is 2.31. The van der Waals surface area contributed by atoms with Crippen LogP contribution in [-0.2, 0) is 9.53 Å². The molecule has 82 valence electrons. The topological polar surface area (TPSA) is 42.4 Å². The van der Waals surface area contributed by atoms with Crippen molar-refractivity contribution in [3.05, 3.63) is 24.5 Å². The van der Waals surface area contributed by atoms with Gasteiger partial charge < -0.3 is 9.64 Å². The first kappa shape index (κ1) is 11.5. The Bertz CT molecular complexity index is 301. The number of rotatable bonds is 5. The van der Waals surface area contributed by atoms with E-state index in [0.717, 1.165) is 18.7 Å². The van der Waals surface area contributed by atoms with Crippen LogP contribution in [0.25, 0.3) is 0 Å². The van der Waals surface area contributed by atoms with Crippen molar-refractivity contribution in [3.8, 4) is 0 Å². The molecule has 0 saturated heterocycles. The summed E-state index contributed by atoms with van der Waals surface area (Å²) in [5, 5.41) is 0. The second-order valence-corrected chi connectivity index (χ2v) is 3.31. The first-order chi connectivity index (χ1) is 7.24. The van der Waals surface area contributed by atoms with Gasteiger partial charge in [0, 0.05) is 38.1 Å². The van der Waals surface area contributed by atoms with Crippen LogP contribution in [0.5, 0.6) is 0 Å². The quantitative estimate of drug-likeness (QED) is 0.687. The van der Waals surface area contributed by atoms with Crippen LogP contribution in [0.3, 0.4) is 0 Å². The van der Waals surface area contributed by atoms with E-state index >= 15 is 0 Å². The van der Waals surface area contributed by atoms with Crippen molar-refractivity contribution in [3.63, 3.8) is 0 Å². The van der Waals surface area contributed by atoms with Gasteiger partial charge in [0.2, 0.25) is 0 Å². The molecule has 0 amide bonds. The number of aromatic nitrogens is 1. The second-order valence-electron chi connectivity index (χ2n) is 3.31. The minimum absolute atomic E-state index is 0.155. The van der Waals surface area contributed by atoms with Gasteiger partial charge >= 0.3 is 5.97 Å². The van der Waals surface area contributed by atoms with Crippen molar-refractivity contribution in [1.29, 1.82) is 0 Å².